The van der Waals surface area contributed by atoms with Gasteiger partial charge < -0.3 is 9.47 Å². The first-order chi connectivity index (χ1) is 5.68. The van der Waals surface area contributed by atoms with E-state index in [0.717, 1.165) is 32.7 Å². The Labute approximate surface area is 76.3 Å². The summed E-state index contributed by atoms with van der Waals surface area (Å²) in [5, 5.41) is 0. The molecule has 0 aromatic rings. The molecule has 12 heavy (non-hydrogen) atoms. The molecule has 1 unspecified atom stereocenters. The van der Waals surface area contributed by atoms with Gasteiger partial charge in [-0.3, -0.25) is 0 Å². The van der Waals surface area contributed by atoms with Gasteiger partial charge in [-0.05, 0) is 25.2 Å². The molecule has 0 aromatic heterocycles. The summed E-state index contributed by atoms with van der Waals surface area (Å²) < 4.78 is 10.5. The summed E-state index contributed by atoms with van der Waals surface area (Å²) in [4.78, 5) is 0. The smallest absolute Gasteiger partial charge is 0.0520 e. The van der Waals surface area contributed by atoms with Crippen molar-refractivity contribution in [3.63, 3.8) is 0 Å². The van der Waals surface area contributed by atoms with Crippen LogP contribution in [0.15, 0.2) is 0 Å². The Morgan fingerprint density at radius 3 is 2.33 bits per heavy atom. The van der Waals surface area contributed by atoms with Crippen molar-refractivity contribution in [1.29, 1.82) is 0 Å². The Hall–Kier alpha value is -0.0800. The number of rotatable bonds is 7. The molecule has 0 radical (unpaired) electrons. The fraction of sp³-hybridized carbons (Fsp3) is 1.00. The number of hydrogen-bond acceptors (Lipinski definition) is 2. The van der Waals surface area contributed by atoms with Crippen LogP contribution in [0.4, 0.5) is 0 Å². The molecule has 0 spiro atoms. The highest BCUT2D eigenvalue weighted by Crippen LogP contribution is 2.25. The molecule has 1 atom stereocenters. The van der Waals surface area contributed by atoms with Gasteiger partial charge in [-0.1, -0.05) is 13.8 Å². The average molecular weight is 174 g/mol. The number of hydrogen-bond donors (Lipinski definition) is 0. The van der Waals surface area contributed by atoms with Gasteiger partial charge in [-0.25, -0.2) is 0 Å². The lowest BCUT2D eigenvalue weighted by atomic mass is 9.85. The minimum atomic E-state index is 0.298. The monoisotopic (exact) mass is 174 g/mol. The van der Waals surface area contributed by atoms with Crippen LogP contribution in [0.5, 0.6) is 0 Å². The second kappa shape index (κ2) is 6.44. The maximum absolute atomic E-state index is 5.43. The van der Waals surface area contributed by atoms with Gasteiger partial charge in [-0.2, -0.15) is 0 Å². The van der Waals surface area contributed by atoms with E-state index < -0.39 is 0 Å². The summed E-state index contributed by atoms with van der Waals surface area (Å²) in [6.45, 7) is 8.98. The lowest BCUT2D eigenvalue weighted by Gasteiger charge is -2.27. The normalized spacial score (nSPS) is 16.0. The maximum atomic E-state index is 5.43. The Balaban J connectivity index is 3.70. The van der Waals surface area contributed by atoms with E-state index in [4.69, 9.17) is 9.47 Å². The molecular weight excluding hydrogens is 152 g/mol. The summed E-state index contributed by atoms with van der Waals surface area (Å²) in [6.07, 6.45) is 2.23. The average Bonchev–Trinajstić information content (AvgIpc) is 2.11. The van der Waals surface area contributed by atoms with Crippen molar-refractivity contribution in [2.75, 3.05) is 26.9 Å². The van der Waals surface area contributed by atoms with E-state index in [1.807, 2.05) is 6.92 Å². The van der Waals surface area contributed by atoms with Gasteiger partial charge in [0.05, 0.1) is 6.61 Å². The number of ether oxygens (including phenoxy) is 2. The molecule has 0 aliphatic rings. The summed E-state index contributed by atoms with van der Waals surface area (Å²) in [6, 6.07) is 0. The topological polar surface area (TPSA) is 18.5 Å². The van der Waals surface area contributed by atoms with Crippen molar-refractivity contribution in [2.24, 2.45) is 5.41 Å². The third kappa shape index (κ3) is 4.73. The van der Waals surface area contributed by atoms with Crippen LogP contribution in [0.3, 0.4) is 0 Å². The van der Waals surface area contributed by atoms with E-state index >= 15 is 0 Å². The molecule has 0 N–H and O–H groups in total. The molecule has 0 saturated carbocycles. The van der Waals surface area contributed by atoms with Gasteiger partial charge in [0, 0.05) is 20.3 Å². The van der Waals surface area contributed by atoms with Crippen LogP contribution in [0.25, 0.3) is 0 Å². The van der Waals surface area contributed by atoms with Crippen molar-refractivity contribution in [1.82, 2.24) is 0 Å². The summed E-state index contributed by atoms with van der Waals surface area (Å²) in [5.41, 5.74) is 0.298. The molecule has 0 amide bonds. The van der Waals surface area contributed by atoms with E-state index in [9.17, 15) is 0 Å². The van der Waals surface area contributed by atoms with Crippen LogP contribution in [-0.4, -0.2) is 26.9 Å². The fourth-order valence-electron chi connectivity index (χ4n) is 1.05. The highest BCUT2D eigenvalue weighted by atomic mass is 16.5. The molecule has 0 saturated heterocycles. The summed E-state index contributed by atoms with van der Waals surface area (Å²) >= 11 is 0. The molecule has 0 rings (SSSR count). The van der Waals surface area contributed by atoms with Gasteiger partial charge in [0.2, 0.25) is 0 Å². The minimum absolute atomic E-state index is 0.298. The van der Waals surface area contributed by atoms with Crippen LogP contribution in [0, 0.1) is 5.41 Å². The lowest BCUT2D eigenvalue weighted by Crippen LogP contribution is -2.24. The zero-order valence-corrected chi connectivity index (χ0v) is 8.85. The first-order valence-electron chi connectivity index (χ1n) is 4.75. The van der Waals surface area contributed by atoms with Crippen LogP contribution in [-0.2, 0) is 9.47 Å². The fourth-order valence-corrected chi connectivity index (χ4v) is 1.05. The molecule has 0 fully saturated rings. The van der Waals surface area contributed by atoms with Crippen molar-refractivity contribution < 1.29 is 9.47 Å². The Kier molecular flexibility index (Phi) is 6.39. The molecule has 2 nitrogen and oxygen atoms in total. The maximum Gasteiger partial charge on any atom is 0.0520 e. The van der Waals surface area contributed by atoms with Crippen LogP contribution >= 0.6 is 0 Å². The third-order valence-electron chi connectivity index (χ3n) is 2.42. The molecule has 0 aliphatic heterocycles. The van der Waals surface area contributed by atoms with Gasteiger partial charge in [-0.15, -0.1) is 0 Å². The molecule has 2 heteroatoms. The predicted octanol–water partition coefficient (Wildman–Crippen LogP) is 2.48. The van der Waals surface area contributed by atoms with Crippen molar-refractivity contribution >= 4 is 0 Å². The zero-order chi connectivity index (χ0) is 9.45. The Morgan fingerprint density at radius 2 is 1.92 bits per heavy atom. The van der Waals surface area contributed by atoms with Crippen molar-refractivity contribution in [3.8, 4) is 0 Å². The van der Waals surface area contributed by atoms with E-state index in [0.29, 0.717) is 5.41 Å². The third-order valence-corrected chi connectivity index (χ3v) is 2.42. The summed E-state index contributed by atoms with van der Waals surface area (Å²) in [7, 11) is 1.75. The van der Waals surface area contributed by atoms with Crippen LogP contribution in [0.2, 0.25) is 0 Å². The van der Waals surface area contributed by atoms with Crippen LogP contribution in [0.1, 0.15) is 33.6 Å². The van der Waals surface area contributed by atoms with Gasteiger partial charge >= 0.3 is 0 Å². The second-order valence-corrected chi connectivity index (χ2v) is 3.54. The molecule has 0 bridgehead atoms. The molecule has 0 aliphatic carbocycles. The molecule has 74 valence electrons. The Bertz CT molecular complexity index is 94.0. The first-order valence-corrected chi connectivity index (χ1v) is 4.75. The summed E-state index contributed by atoms with van der Waals surface area (Å²) in [5.74, 6) is 0. The largest absolute Gasteiger partial charge is 0.385 e. The molecular formula is C10H22O2. The molecule has 0 aromatic carbocycles. The quantitative estimate of drug-likeness (QED) is 0.590. The molecule has 0 heterocycles. The van der Waals surface area contributed by atoms with E-state index in [1.165, 1.54) is 0 Å². The van der Waals surface area contributed by atoms with Gasteiger partial charge in [0.25, 0.3) is 0 Å². The highest BCUT2D eigenvalue weighted by molar-refractivity contribution is 4.71. The van der Waals surface area contributed by atoms with Crippen molar-refractivity contribution in [3.05, 3.63) is 0 Å². The highest BCUT2D eigenvalue weighted by Gasteiger charge is 2.21. The van der Waals surface area contributed by atoms with Crippen LogP contribution < -0.4 is 0 Å². The standard InChI is InChI=1S/C10H22O2/c1-5-10(3,7-8-11-4)9-12-6-2/h5-9H2,1-4H3. The van der Waals surface area contributed by atoms with Gasteiger partial charge in [0.1, 0.15) is 0 Å². The minimum Gasteiger partial charge on any atom is -0.385 e. The predicted molar refractivity (Wildman–Crippen MR) is 51.4 cm³/mol. The van der Waals surface area contributed by atoms with E-state index in [2.05, 4.69) is 13.8 Å². The Morgan fingerprint density at radius 1 is 1.25 bits per heavy atom. The number of methoxy groups -OCH3 is 1. The first kappa shape index (κ1) is 11.9. The van der Waals surface area contributed by atoms with E-state index in [1.54, 1.807) is 7.11 Å². The van der Waals surface area contributed by atoms with Gasteiger partial charge in [0.15, 0.2) is 0 Å². The lowest BCUT2D eigenvalue weighted by molar-refractivity contribution is 0.0357. The van der Waals surface area contributed by atoms with E-state index in [-0.39, 0.29) is 0 Å². The van der Waals surface area contributed by atoms with Crippen molar-refractivity contribution in [2.45, 2.75) is 33.6 Å². The second-order valence-electron chi connectivity index (χ2n) is 3.54. The zero-order valence-electron chi connectivity index (χ0n) is 8.85. The SMILES string of the molecule is CCOCC(C)(CC)CCOC.